The third kappa shape index (κ3) is 4.08. The monoisotopic (exact) mass is 472 g/mol. The summed E-state index contributed by atoms with van der Waals surface area (Å²) in [6.07, 6.45) is 3.73. The number of aromatic nitrogens is 2. The zero-order chi connectivity index (χ0) is 23.1. The number of hydrogen-bond acceptors (Lipinski definition) is 4. The van der Waals surface area contributed by atoms with Crippen molar-refractivity contribution in [2.75, 3.05) is 0 Å². The molecule has 2 aromatic heterocycles. The number of halogens is 1. The fraction of sp³-hybridized carbons (Fsp3) is 0.115. The van der Waals surface area contributed by atoms with Crippen LogP contribution in [0.5, 0.6) is 0 Å². The van der Waals surface area contributed by atoms with Crippen LogP contribution in [0.1, 0.15) is 22.5 Å². The van der Waals surface area contributed by atoms with E-state index in [-0.39, 0.29) is 5.91 Å². The van der Waals surface area contributed by atoms with E-state index in [4.69, 9.17) is 11.6 Å². The minimum atomic E-state index is -0.153. The zero-order valence-electron chi connectivity index (χ0n) is 18.4. The van der Waals surface area contributed by atoms with E-state index in [2.05, 4.69) is 58.0 Å². The molecule has 5 rings (SSSR count). The van der Waals surface area contributed by atoms with Crippen LogP contribution < -0.4 is 5.32 Å². The van der Waals surface area contributed by atoms with Gasteiger partial charge in [-0.1, -0.05) is 23.7 Å². The molecule has 1 aliphatic rings. The van der Waals surface area contributed by atoms with Crippen molar-refractivity contribution in [1.29, 1.82) is 0 Å². The van der Waals surface area contributed by atoms with Crippen molar-refractivity contribution in [1.82, 2.24) is 14.9 Å². The Morgan fingerprint density at radius 3 is 2.79 bits per heavy atom. The molecule has 1 amide bonds. The van der Waals surface area contributed by atoms with Crippen molar-refractivity contribution in [3.8, 4) is 5.69 Å². The molecule has 3 heterocycles. The van der Waals surface area contributed by atoms with Crippen LogP contribution in [0, 0.1) is 20.8 Å². The average molecular weight is 473 g/mol. The summed E-state index contributed by atoms with van der Waals surface area (Å²) in [6.45, 7) is 6.05. The second-order valence-electron chi connectivity index (χ2n) is 7.91. The number of pyridine rings is 1. The maximum absolute atomic E-state index is 12.6. The molecule has 7 heteroatoms. The highest BCUT2D eigenvalue weighted by Crippen LogP contribution is 2.32. The maximum Gasteiger partial charge on any atom is 0.264 e. The summed E-state index contributed by atoms with van der Waals surface area (Å²) in [7, 11) is 0. The third-order valence-corrected chi connectivity index (χ3v) is 7.03. The van der Waals surface area contributed by atoms with Gasteiger partial charge in [0.25, 0.3) is 5.91 Å². The van der Waals surface area contributed by atoms with Crippen molar-refractivity contribution in [3.63, 3.8) is 0 Å². The lowest BCUT2D eigenvalue weighted by Crippen LogP contribution is -2.19. The van der Waals surface area contributed by atoms with E-state index >= 15 is 0 Å². The van der Waals surface area contributed by atoms with Crippen LogP contribution >= 0.6 is 23.4 Å². The van der Waals surface area contributed by atoms with Gasteiger partial charge in [-0.15, -0.1) is 0 Å². The fourth-order valence-electron chi connectivity index (χ4n) is 3.98. The molecule has 1 aliphatic heterocycles. The summed E-state index contributed by atoms with van der Waals surface area (Å²) >= 11 is 7.53. The van der Waals surface area contributed by atoms with E-state index in [9.17, 15) is 4.79 Å². The maximum atomic E-state index is 12.6. The molecule has 164 valence electrons. The van der Waals surface area contributed by atoms with Gasteiger partial charge in [0.2, 0.25) is 0 Å². The number of amides is 1. The number of carbonyl (C=O) groups is 1. The van der Waals surface area contributed by atoms with Gasteiger partial charge in [0.15, 0.2) is 5.17 Å². The lowest BCUT2D eigenvalue weighted by atomic mass is 10.2. The van der Waals surface area contributed by atoms with E-state index in [1.54, 1.807) is 6.20 Å². The highest BCUT2D eigenvalue weighted by molar-refractivity contribution is 8.18. The normalized spacial score (nSPS) is 16.2. The third-order valence-electron chi connectivity index (χ3n) is 5.71. The molecule has 0 unspecified atom stereocenters. The summed E-state index contributed by atoms with van der Waals surface area (Å²) in [5, 5.41) is 5.15. The van der Waals surface area contributed by atoms with Crippen LogP contribution in [-0.2, 0) is 4.79 Å². The summed E-state index contributed by atoms with van der Waals surface area (Å²) in [5.74, 6) is -0.153. The van der Waals surface area contributed by atoms with Crippen LogP contribution in [0.3, 0.4) is 0 Å². The molecule has 0 bridgehead atoms. The number of nitrogens with zero attached hydrogens (tertiary/aromatic N) is 3. The van der Waals surface area contributed by atoms with E-state index in [0.717, 1.165) is 44.8 Å². The number of aliphatic imine (C=N–C) groups is 1. The minimum absolute atomic E-state index is 0.153. The average Bonchev–Trinajstić information content (AvgIpc) is 3.28. The number of nitrogens with one attached hydrogen (secondary N) is 1. The molecule has 0 atom stereocenters. The lowest BCUT2D eigenvalue weighted by molar-refractivity contribution is -0.115. The van der Waals surface area contributed by atoms with Gasteiger partial charge in [-0.25, -0.2) is 4.99 Å². The predicted octanol–water partition coefficient (Wildman–Crippen LogP) is 6.50. The first kappa shape index (κ1) is 21.5. The first-order valence-corrected chi connectivity index (χ1v) is 11.7. The molecule has 5 nitrogen and oxygen atoms in total. The number of thioether (sulfide) groups is 1. The molecule has 2 aromatic carbocycles. The van der Waals surface area contributed by atoms with Crippen LogP contribution in [0.25, 0.3) is 22.7 Å². The van der Waals surface area contributed by atoms with Gasteiger partial charge in [0, 0.05) is 33.7 Å². The van der Waals surface area contributed by atoms with E-state index in [1.165, 1.54) is 11.8 Å². The Morgan fingerprint density at radius 1 is 1.09 bits per heavy atom. The van der Waals surface area contributed by atoms with Gasteiger partial charge in [-0.05, 0) is 92.2 Å². The van der Waals surface area contributed by atoms with Gasteiger partial charge in [0.05, 0.1) is 16.1 Å². The van der Waals surface area contributed by atoms with Crippen molar-refractivity contribution in [2.45, 2.75) is 20.8 Å². The smallest absolute Gasteiger partial charge is 0.264 e. The lowest BCUT2D eigenvalue weighted by Gasteiger charge is -2.10. The molecule has 4 aromatic rings. The molecule has 0 aliphatic carbocycles. The first-order valence-electron chi connectivity index (χ1n) is 10.5. The molecule has 33 heavy (non-hydrogen) atoms. The number of amidine groups is 1. The Balaban J connectivity index is 1.48. The zero-order valence-corrected chi connectivity index (χ0v) is 20.0. The summed E-state index contributed by atoms with van der Waals surface area (Å²) in [6, 6.07) is 17.9. The molecule has 0 spiro atoms. The van der Waals surface area contributed by atoms with Gasteiger partial charge in [-0.2, -0.15) is 0 Å². The van der Waals surface area contributed by atoms with E-state index in [0.29, 0.717) is 15.1 Å². The van der Waals surface area contributed by atoms with Gasteiger partial charge < -0.3 is 9.88 Å². The second-order valence-corrected chi connectivity index (χ2v) is 9.35. The van der Waals surface area contributed by atoms with Crippen LogP contribution in [0.4, 0.5) is 5.69 Å². The first-order chi connectivity index (χ1) is 15.9. The van der Waals surface area contributed by atoms with Gasteiger partial charge >= 0.3 is 0 Å². The number of rotatable bonds is 3. The van der Waals surface area contributed by atoms with Crippen LogP contribution in [0.15, 0.2) is 70.7 Å². The second kappa shape index (κ2) is 8.54. The van der Waals surface area contributed by atoms with Gasteiger partial charge in [0.1, 0.15) is 0 Å². The number of fused-ring (bicyclic) bond motifs is 1. The van der Waals surface area contributed by atoms with Crippen molar-refractivity contribution < 1.29 is 4.79 Å². The molecular formula is C26H21ClN4OS. The Hall–Kier alpha value is -3.35. The topological polar surface area (TPSA) is 59.3 Å². The molecule has 1 saturated heterocycles. The summed E-state index contributed by atoms with van der Waals surface area (Å²) in [4.78, 5) is 22.2. The fourth-order valence-corrected chi connectivity index (χ4v) is 4.98. The number of benzene rings is 2. The standard InChI is InChI=1S/C26H21ClN4OS/c1-15-12-19(17(3)31(15)20-9-10-23-18(13-20)6-5-11-28-23)14-24-25(32)30-26(33-24)29-22-8-4-7-21(27)16(22)2/h4-14H,1-3H3,(H,29,30,32)/b24-14-. The Bertz CT molecular complexity index is 1490. The number of hydrogen-bond donors (Lipinski definition) is 1. The molecule has 0 saturated carbocycles. The number of aryl methyl sites for hydroxylation is 1. The molecule has 0 radical (unpaired) electrons. The van der Waals surface area contributed by atoms with Crippen molar-refractivity contribution in [3.05, 3.63) is 93.2 Å². The summed E-state index contributed by atoms with van der Waals surface area (Å²) < 4.78 is 2.20. The van der Waals surface area contributed by atoms with Crippen LogP contribution in [0.2, 0.25) is 5.02 Å². The highest BCUT2D eigenvalue weighted by Gasteiger charge is 2.25. The Labute approximate surface area is 201 Å². The SMILES string of the molecule is Cc1c(Cl)cccc1N=C1NC(=O)/C(=C/c2cc(C)n(-c3ccc4ncccc4c3)c2C)S1. The quantitative estimate of drug-likeness (QED) is 0.346. The Morgan fingerprint density at radius 2 is 1.94 bits per heavy atom. The van der Waals surface area contributed by atoms with Crippen molar-refractivity contribution in [2.24, 2.45) is 4.99 Å². The molecule has 1 N–H and O–H groups in total. The Kier molecular flexibility index (Phi) is 5.56. The highest BCUT2D eigenvalue weighted by atomic mass is 35.5. The van der Waals surface area contributed by atoms with E-state index < -0.39 is 0 Å². The molecule has 1 fully saturated rings. The molecular weight excluding hydrogens is 452 g/mol. The largest absolute Gasteiger partial charge is 0.318 e. The predicted molar refractivity (Wildman–Crippen MR) is 138 cm³/mol. The summed E-state index contributed by atoms with van der Waals surface area (Å²) in [5.41, 5.74) is 6.81. The van der Waals surface area contributed by atoms with Crippen molar-refractivity contribution >= 4 is 57.1 Å². The van der Waals surface area contributed by atoms with Crippen LogP contribution in [-0.4, -0.2) is 20.6 Å². The minimum Gasteiger partial charge on any atom is -0.318 e. The number of carbonyl (C=O) groups excluding carboxylic acids is 1. The van der Waals surface area contributed by atoms with E-state index in [1.807, 2.05) is 43.3 Å². The van der Waals surface area contributed by atoms with Gasteiger partial charge in [-0.3, -0.25) is 9.78 Å².